The molecule has 0 aromatic rings. The molecule has 2 unspecified atom stereocenters. The molecule has 16 heavy (non-hydrogen) atoms. The number of rotatable bonds is 3. The Hall–Kier alpha value is -1.05. The number of carbonyl (C=O) groups is 1. The quantitative estimate of drug-likeness (QED) is 0.539. The fourth-order valence-electron chi connectivity index (χ4n) is 2.32. The summed E-state index contributed by atoms with van der Waals surface area (Å²) in [7, 11) is 0. The molecular weight excluding hydrogens is 200 g/mol. The zero-order valence-electron chi connectivity index (χ0n) is 9.73. The van der Waals surface area contributed by atoms with Crippen LogP contribution in [-0.4, -0.2) is 12.6 Å². The van der Waals surface area contributed by atoms with E-state index in [9.17, 15) is 4.79 Å². The minimum absolute atomic E-state index is 0.0212. The van der Waals surface area contributed by atoms with Gasteiger partial charge >= 0.3 is 5.97 Å². The van der Waals surface area contributed by atoms with Gasteiger partial charge in [0.15, 0.2) is 0 Å². The normalized spacial score (nSPS) is 29.0. The fourth-order valence-corrected chi connectivity index (χ4v) is 2.32. The zero-order valence-corrected chi connectivity index (χ0v) is 9.73. The largest absolute Gasteiger partial charge is 0.465 e. The van der Waals surface area contributed by atoms with Crippen LogP contribution in [-0.2, 0) is 9.53 Å². The second-order valence-corrected chi connectivity index (χ2v) is 4.75. The van der Waals surface area contributed by atoms with Gasteiger partial charge < -0.3 is 4.74 Å². The van der Waals surface area contributed by atoms with Gasteiger partial charge in [0, 0.05) is 0 Å². The first-order valence-electron chi connectivity index (χ1n) is 6.34. The Balaban J connectivity index is 1.72. The molecule has 0 spiro atoms. The van der Waals surface area contributed by atoms with E-state index in [0.717, 1.165) is 38.5 Å². The van der Waals surface area contributed by atoms with Crippen LogP contribution in [0.15, 0.2) is 24.3 Å². The van der Waals surface area contributed by atoms with Crippen molar-refractivity contribution in [3.8, 4) is 0 Å². The van der Waals surface area contributed by atoms with Crippen molar-refractivity contribution in [3.63, 3.8) is 0 Å². The van der Waals surface area contributed by atoms with Gasteiger partial charge in [-0.05, 0) is 44.4 Å². The predicted molar refractivity (Wildman–Crippen MR) is 63.9 cm³/mol. The average molecular weight is 220 g/mol. The lowest BCUT2D eigenvalue weighted by atomic mass is 9.94. The Labute approximate surface area is 97.4 Å². The third kappa shape index (κ3) is 3.22. The summed E-state index contributed by atoms with van der Waals surface area (Å²) in [4.78, 5) is 11.7. The summed E-state index contributed by atoms with van der Waals surface area (Å²) in [5.74, 6) is 0.542. The summed E-state index contributed by atoms with van der Waals surface area (Å²) < 4.78 is 5.40. The van der Waals surface area contributed by atoms with Crippen molar-refractivity contribution in [2.75, 3.05) is 6.61 Å². The Morgan fingerprint density at radius 1 is 1.19 bits per heavy atom. The molecule has 2 aliphatic carbocycles. The topological polar surface area (TPSA) is 26.3 Å². The van der Waals surface area contributed by atoms with Crippen molar-refractivity contribution in [1.29, 1.82) is 0 Å². The van der Waals surface area contributed by atoms with Crippen molar-refractivity contribution < 1.29 is 9.53 Å². The highest BCUT2D eigenvalue weighted by molar-refractivity contribution is 5.74. The maximum atomic E-state index is 11.7. The van der Waals surface area contributed by atoms with Gasteiger partial charge in [-0.3, -0.25) is 4.79 Å². The van der Waals surface area contributed by atoms with Gasteiger partial charge in [-0.1, -0.05) is 24.3 Å². The van der Waals surface area contributed by atoms with E-state index in [1.165, 1.54) is 0 Å². The van der Waals surface area contributed by atoms with Crippen LogP contribution in [0.3, 0.4) is 0 Å². The van der Waals surface area contributed by atoms with Gasteiger partial charge in [-0.2, -0.15) is 0 Å². The highest BCUT2D eigenvalue weighted by Crippen LogP contribution is 2.21. The SMILES string of the molecule is O=C(OCC1CC=CCC1)C1C=CCCC1. The Kier molecular flexibility index (Phi) is 4.20. The summed E-state index contributed by atoms with van der Waals surface area (Å²) in [5, 5.41) is 0. The van der Waals surface area contributed by atoms with Gasteiger partial charge in [0.05, 0.1) is 12.5 Å². The van der Waals surface area contributed by atoms with Crippen LogP contribution >= 0.6 is 0 Å². The highest BCUT2D eigenvalue weighted by atomic mass is 16.5. The van der Waals surface area contributed by atoms with Crippen molar-refractivity contribution in [2.45, 2.75) is 38.5 Å². The molecule has 0 N–H and O–H groups in total. The lowest BCUT2D eigenvalue weighted by Gasteiger charge is -2.20. The average Bonchev–Trinajstić information content (AvgIpc) is 2.38. The first kappa shape index (κ1) is 11.4. The molecule has 2 aliphatic rings. The van der Waals surface area contributed by atoms with E-state index in [4.69, 9.17) is 4.74 Å². The summed E-state index contributed by atoms with van der Waals surface area (Å²) in [5.41, 5.74) is 0. The van der Waals surface area contributed by atoms with Crippen LogP contribution in [0.25, 0.3) is 0 Å². The molecule has 0 aromatic carbocycles. The van der Waals surface area contributed by atoms with Crippen LogP contribution in [0, 0.1) is 11.8 Å². The number of esters is 1. The van der Waals surface area contributed by atoms with E-state index in [1.54, 1.807) is 0 Å². The zero-order chi connectivity index (χ0) is 11.2. The minimum Gasteiger partial charge on any atom is -0.465 e. The Morgan fingerprint density at radius 2 is 2.12 bits per heavy atom. The smallest absolute Gasteiger partial charge is 0.312 e. The van der Waals surface area contributed by atoms with Gasteiger partial charge in [0.1, 0.15) is 0 Å². The lowest BCUT2D eigenvalue weighted by Crippen LogP contribution is -2.21. The summed E-state index contributed by atoms with van der Waals surface area (Å²) in [6.45, 7) is 0.605. The summed E-state index contributed by atoms with van der Waals surface area (Å²) in [6.07, 6.45) is 15.0. The molecule has 0 aliphatic heterocycles. The molecule has 0 saturated carbocycles. The van der Waals surface area contributed by atoms with Crippen LogP contribution in [0.4, 0.5) is 0 Å². The van der Waals surface area contributed by atoms with Crippen molar-refractivity contribution in [2.24, 2.45) is 11.8 Å². The van der Waals surface area contributed by atoms with Crippen LogP contribution in [0.2, 0.25) is 0 Å². The van der Waals surface area contributed by atoms with Gasteiger partial charge in [-0.25, -0.2) is 0 Å². The third-order valence-corrected chi connectivity index (χ3v) is 3.40. The highest BCUT2D eigenvalue weighted by Gasteiger charge is 2.20. The minimum atomic E-state index is -0.0227. The fraction of sp³-hybridized carbons (Fsp3) is 0.643. The molecule has 0 amide bonds. The van der Waals surface area contributed by atoms with Crippen molar-refractivity contribution in [3.05, 3.63) is 24.3 Å². The molecule has 2 heteroatoms. The molecule has 0 radical (unpaired) electrons. The van der Waals surface area contributed by atoms with Gasteiger partial charge in [0.25, 0.3) is 0 Å². The molecule has 0 fully saturated rings. The Bertz CT molecular complexity index is 291. The summed E-state index contributed by atoms with van der Waals surface area (Å²) >= 11 is 0. The first-order valence-corrected chi connectivity index (χ1v) is 6.34. The van der Waals surface area contributed by atoms with Crippen molar-refractivity contribution >= 4 is 5.97 Å². The maximum Gasteiger partial charge on any atom is 0.312 e. The predicted octanol–water partition coefficient (Wildman–Crippen LogP) is 3.24. The maximum absolute atomic E-state index is 11.7. The molecule has 0 saturated heterocycles. The Morgan fingerprint density at radius 3 is 2.81 bits per heavy atom. The van der Waals surface area contributed by atoms with Crippen LogP contribution in [0.5, 0.6) is 0 Å². The number of ether oxygens (including phenoxy) is 1. The molecule has 2 nitrogen and oxygen atoms in total. The molecule has 0 aromatic heterocycles. The molecule has 88 valence electrons. The van der Waals surface area contributed by atoms with E-state index in [0.29, 0.717) is 12.5 Å². The van der Waals surface area contributed by atoms with Crippen LogP contribution < -0.4 is 0 Å². The molecule has 0 bridgehead atoms. The van der Waals surface area contributed by atoms with Gasteiger partial charge in [0.2, 0.25) is 0 Å². The van der Waals surface area contributed by atoms with Crippen LogP contribution in [0.1, 0.15) is 38.5 Å². The molecular formula is C14H20O2. The van der Waals surface area contributed by atoms with E-state index in [2.05, 4.69) is 18.2 Å². The number of allylic oxidation sites excluding steroid dienone is 3. The molecule has 2 rings (SSSR count). The lowest BCUT2D eigenvalue weighted by molar-refractivity contribution is -0.148. The second kappa shape index (κ2) is 5.88. The monoisotopic (exact) mass is 220 g/mol. The standard InChI is InChI=1S/C14H20O2/c15-14(13-9-5-2-6-10-13)16-11-12-7-3-1-4-8-12/h1,3,5,9,12-13H,2,4,6-8,10-11H2. The molecule has 2 atom stereocenters. The number of hydrogen-bond donors (Lipinski definition) is 0. The first-order chi connectivity index (χ1) is 7.86. The van der Waals surface area contributed by atoms with Crippen molar-refractivity contribution in [1.82, 2.24) is 0 Å². The van der Waals surface area contributed by atoms with E-state index in [-0.39, 0.29) is 11.9 Å². The summed E-state index contributed by atoms with van der Waals surface area (Å²) in [6, 6.07) is 0. The molecule has 0 heterocycles. The third-order valence-electron chi connectivity index (χ3n) is 3.40. The number of carbonyl (C=O) groups excluding carboxylic acids is 1. The number of hydrogen-bond acceptors (Lipinski definition) is 2. The second-order valence-electron chi connectivity index (χ2n) is 4.75. The van der Waals surface area contributed by atoms with E-state index >= 15 is 0 Å². The van der Waals surface area contributed by atoms with E-state index in [1.807, 2.05) is 6.08 Å². The van der Waals surface area contributed by atoms with Gasteiger partial charge in [-0.15, -0.1) is 0 Å². The van der Waals surface area contributed by atoms with E-state index < -0.39 is 0 Å².